The number of H-pyrrole nitrogens is 1. The summed E-state index contributed by atoms with van der Waals surface area (Å²) < 4.78 is 0. The first kappa shape index (κ1) is 8.06. The Balaban J connectivity index is 2.32. The second-order valence-electron chi connectivity index (χ2n) is 4.13. The Kier molecular flexibility index (Phi) is 1.64. The molecule has 0 spiro atoms. The van der Waals surface area contributed by atoms with Gasteiger partial charge in [-0.25, -0.2) is 0 Å². The normalized spacial score (nSPS) is 21.1. The van der Waals surface area contributed by atoms with Crippen LogP contribution in [0.5, 0.6) is 0 Å². The summed E-state index contributed by atoms with van der Waals surface area (Å²) in [5.41, 5.74) is 4.26. The van der Waals surface area contributed by atoms with Gasteiger partial charge in [0.25, 0.3) is 0 Å². The van der Waals surface area contributed by atoms with Crippen LogP contribution in [0.3, 0.4) is 0 Å². The lowest BCUT2D eigenvalue weighted by Crippen LogP contribution is -2.86. The van der Waals surface area contributed by atoms with E-state index in [1.807, 2.05) is 0 Å². The fourth-order valence-electron chi connectivity index (χ4n) is 2.47. The van der Waals surface area contributed by atoms with Crippen LogP contribution in [0.15, 0.2) is 24.3 Å². The number of hydrogen-bond donors (Lipinski definition) is 2. The third kappa shape index (κ3) is 1.01. The minimum atomic E-state index is 0.589. The van der Waals surface area contributed by atoms with Gasteiger partial charge in [-0.3, -0.25) is 0 Å². The molecule has 3 N–H and O–H groups in total. The molecular weight excluding hydrogens is 172 g/mol. The van der Waals surface area contributed by atoms with E-state index in [0.717, 1.165) is 0 Å². The van der Waals surface area contributed by atoms with Gasteiger partial charge in [0, 0.05) is 17.3 Å². The van der Waals surface area contributed by atoms with Crippen LogP contribution in [0.4, 0.5) is 0 Å². The third-order valence-corrected chi connectivity index (χ3v) is 3.22. The molecular formula is C12H15N2+. The maximum atomic E-state index is 3.53. The minimum Gasteiger partial charge on any atom is -0.353 e. The van der Waals surface area contributed by atoms with Crippen LogP contribution in [0.1, 0.15) is 24.2 Å². The van der Waals surface area contributed by atoms with E-state index in [0.29, 0.717) is 6.04 Å². The van der Waals surface area contributed by atoms with Gasteiger partial charge in [0.05, 0.1) is 12.2 Å². The van der Waals surface area contributed by atoms with E-state index in [9.17, 15) is 0 Å². The van der Waals surface area contributed by atoms with Crippen LogP contribution in [-0.4, -0.2) is 11.5 Å². The van der Waals surface area contributed by atoms with Gasteiger partial charge in [0.2, 0.25) is 0 Å². The number of aromatic nitrogens is 1. The Morgan fingerprint density at radius 1 is 1.36 bits per heavy atom. The molecule has 3 rings (SSSR count). The standard InChI is InChI=1S/C12H14N2/c1-8-12-10(6-7-13-8)9-4-2-3-5-11(9)14-12/h2-5,8,13-14H,6-7H2,1H3/p+1/t8-/m1/s1. The zero-order valence-electron chi connectivity index (χ0n) is 8.38. The summed E-state index contributed by atoms with van der Waals surface area (Å²) in [6, 6.07) is 9.20. The lowest BCUT2D eigenvalue weighted by Gasteiger charge is -2.16. The molecule has 2 nitrogen and oxygen atoms in total. The predicted molar refractivity (Wildman–Crippen MR) is 57.2 cm³/mol. The topological polar surface area (TPSA) is 32.4 Å². The number of benzene rings is 1. The first-order valence-corrected chi connectivity index (χ1v) is 5.29. The van der Waals surface area contributed by atoms with E-state index in [1.165, 1.54) is 35.1 Å². The number of nitrogens with two attached hydrogens (primary N) is 1. The molecule has 72 valence electrons. The second kappa shape index (κ2) is 2.85. The SMILES string of the molecule is C[C@H]1[NH2+]CCc2c1[nH]c1ccccc21. The molecule has 0 amide bonds. The molecule has 0 saturated heterocycles. The average molecular weight is 187 g/mol. The Bertz CT molecular complexity index is 470. The van der Waals surface area contributed by atoms with E-state index in [2.05, 4.69) is 41.5 Å². The number of nitrogens with one attached hydrogen (secondary N) is 1. The summed E-state index contributed by atoms with van der Waals surface area (Å²) in [6.07, 6.45) is 1.20. The van der Waals surface area contributed by atoms with Crippen molar-refractivity contribution < 1.29 is 5.32 Å². The Labute approximate surface area is 83.3 Å². The Morgan fingerprint density at radius 3 is 3.14 bits per heavy atom. The van der Waals surface area contributed by atoms with Gasteiger partial charge in [-0.15, -0.1) is 0 Å². The average Bonchev–Trinajstić information content (AvgIpc) is 2.59. The number of fused-ring (bicyclic) bond motifs is 3. The van der Waals surface area contributed by atoms with Crippen molar-refractivity contribution in [2.45, 2.75) is 19.4 Å². The highest BCUT2D eigenvalue weighted by Crippen LogP contribution is 2.26. The van der Waals surface area contributed by atoms with Crippen LogP contribution in [0, 0.1) is 0 Å². The molecule has 1 atom stereocenters. The largest absolute Gasteiger partial charge is 0.353 e. The molecule has 1 aliphatic heterocycles. The maximum Gasteiger partial charge on any atom is 0.124 e. The highest BCUT2D eigenvalue weighted by atomic mass is 15.0. The van der Waals surface area contributed by atoms with Crippen molar-refractivity contribution in [1.29, 1.82) is 0 Å². The molecule has 14 heavy (non-hydrogen) atoms. The third-order valence-electron chi connectivity index (χ3n) is 3.22. The van der Waals surface area contributed by atoms with Crippen molar-refractivity contribution >= 4 is 10.9 Å². The number of quaternary nitrogens is 1. The van der Waals surface area contributed by atoms with Gasteiger partial charge in [0.15, 0.2) is 0 Å². The predicted octanol–water partition coefficient (Wildman–Crippen LogP) is 1.35. The summed E-state index contributed by atoms with van der Waals surface area (Å²) in [7, 11) is 0. The van der Waals surface area contributed by atoms with E-state index >= 15 is 0 Å². The molecule has 0 aliphatic carbocycles. The molecule has 0 saturated carbocycles. The zero-order chi connectivity index (χ0) is 9.54. The highest BCUT2D eigenvalue weighted by molar-refractivity contribution is 5.84. The summed E-state index contributed by atoms with van der Waals surface area (Å²) >= 11 is 0. The van der Waals surface area contributed by atoms with Crippen LogP contribution in [0.2, 0.25) is 0 Å². The summed E-state index contributed by atoms with van der Waals surface area (Å²) in [5.74, 6) is 0. The molecule has 2 aromatic rings. The summed E-state index contributed by atoms with van der Waals surface area (Å²) in [4.78, 5) is 3.53. The monoisotopic (exact) mass is 187 g/mol. The van der Waals surface area contributed by atoms with Gasteiger partial charge < -0.3 is 10.3 Å². The van der Waals surface area contributed by atoms with Crippen LogP contribution in [-0.2, 0) is 6.42 Å². The molecule has 2 heteroatoms. The van der Waals surface area contributed by atoms with Gasteiger partial charge >= 0.3 is 0 Å². The molecule has 2 heterocycles. The van der Waals surface area contributed by atoms with Crippen molar-refractivity contribution in [3.8, 4) is 0 Å². The van der Waals surface area contributed by atoms with E-state index in [-0.39, 0.29) is 0 Å². The minimum absolute atomic E-state index is 0.589. The quantitative estimate of drug-likeness (QED) is 0.624. The molecule has 1 aromatic heterocycles. The highest BCUT2D eigenvalue weighted by Gasteiger charge is 2.22. The first-order valence-electron chi connectivity index (χ1n) is 5.29. The fourth-order valence-corrected chi connectivity index (χ4v) is 2.47. The number of hydrogen-bond acceptors (Lipinski definition) is 0. The van der Waals surface area contributed by atoms with E-state index < -0.39 is 0 Å². The van der Waals surface area contributed by atoms with Gasteiger partial charge in [0.1, 0.15) is 6.04 Å². The molecule has 0 unspecified atom stereocenters. The van der Waals surface area contributed by atoms with Crippen molar-refractivity contribution in [1.82, 2.24) is 4.98 Å². The molecule has 1 aromatic carbocycles. The smallest absolute Gasteiger partial charge is 0.124 e. The van der Waals surface area contributed by atoms with Crippen molar-refractivity contribution in [3.63, 3.8) is 0 Å². The number of aromatic amines is 1. The lowest BCUT2D eigenvalue weighted by atomic mass is 10.0. The molecule has 0 bridgehead atoms. The van der Waals surface area contributed by atoms with Crippen LogP contribution >= 0.6 is 0 Å². The van der Waals surface area contributed by atoms with Gasteiger partial charge in [-0.1, -0.05) is 18.2 Å². The molecule has 0 fully saturated rings. The van der Waals surface area contributed by atoms with E-state index in [4.69, 9.17) is 0 Å². The lowest BCUT2D eigenvalue weighted by molar-refractivity contribution is -0.696. The van der Waals surface area contributed by atoms with Gasteiger partial charge in [-0.2, -0.15) is 0 Å². The van der Waals surface area contributed by atoms with Crippen molar-refractivity contribution in [3.05, 3.63) is 35.5 Å². The van der Waals surface area contributed by atoms with Crippen molar-refractivity contribution in [2.24, 2.45) is 0 Å². The van der Waals surface area contributed by atoms with Gasteiger partial charge in [-0.05, 0) is 18.6 Å². The summed E-state index contributed by atoms with van der Waals surface area (Å²) in [6.45, 7) is 3.49. The maximum absolute atomic E-state index is 3.53. The Morgan fingerprint density at radius 2 is 2.21 bits per heavy atom. The Hall–Kier alpha value is -1.28. The van der Waals surface area contributed by atoms with Crippen LogP contribution < -0.4 is 5.32 Å². The summed E-state index contributed by atoms with van der Waals surface area (Å²) in [5, 5.41) is 3.82. The second-order valence-corrected chi connectivity index (χ2v) is 4.13. The number of para-hydroxylation sites is 1. The zero-order valence-corrected chi connectivity index (χ0v) is 8.38. The fraction of sp³-hybridized carbons (Fsp3) is 0.333. The number of rotatable bonds is 0. The van der Waals surface area contributed by atoms with Crippen molar-refractivity contribution in [2.75, 3.05) is 6.54 Å². The van der Waals surface area contributed by atoms with Crippen LogP contribution in [0.25, 0.3) is 10.9 Å². The van der Waals surface area contributed by atoms with E-state index in [1.54, 1.807) is 0 Å². The molecule has 0 radical (unpaired) electrons. The molecule has 1 aliphatic rings. The first-order chi connectivity index (χ1) is 6.86.